The summed E-state index contributed by atoms with van der Waals surface area (Å²) in [5.41, 5.74) is 4.42. The number of rotatable bonds is 4. The summed E-state index contributed by atoms with van der Waals surface area (Å²) in [5.74, 6) is 1.09. The molecule has 0 atom stereocenters. The number of pyridine rings is 1. The van der Waals surface area contributed by atoms with E-state index in [4.69, 9.17) is 9.15 Å². The van der Waals surface area contributed by atoms with Crippen LogP contribution in [0.4, 0.5) is 5.69 Å². The zero-order chi connectivity index (χ0) is 17.2. The van der Waals surface area contributed by atoms with Gasteiger partial charge < -0.3 is 14.5 Å². The second-order valence-corrected chi connectivity index (χ2v) is 6.08. The Kier molecular flexibility index (Phi) is 3.98. The number of nitrogens with one attached hydrogen (secondary N) is 1. The van der Waals surface area contributed by atoms with Crippen LogP contribution in [-0.4, -0.2) is 10.9 Å². The van der Waals surface area contributed by atoms with E-state index in [2.05, 4.69) is 23.3 Å². The first-order valence-electron chi connectivity index (χ1n) is 8.31. The predicted octanol–water partition coefficient (Wildman–Crippen LogP) is 4.52. The molecule has 1 aromatic carbocycles. The number of fused-ring (bicyclic) bond motifs is 1. The third-order valence-corrected chi connectivity index (χ3v) is 4.45. The summed E-state index contributed by atoms with van der Waals surface area (Å²) in [6, 6.07) is 10.8. The molecule has 2 aromatic heterocycles. The first-order chi connectivity index (χ1) is 12.2. The van der Waals surface area contributed by atoms with Crippen molar-refractivity contribution < 1.29 is 13.9 Å². The van der Waals surface area contributed by atoms with Gasteiger partial charge in [0.1, 0.15) is 11.4 Å². The molecule has 0 bridgehead atoms. The number of anilines is 1. The van der Waals surface area contributed by atoms with Crippen molar-refractivity contribution in [1.82, 2.24) is 4.98 Å². The Bertz CT molecular complexity index is 917. The predicted molar refractivity (Wildman–Crippen MR) is 94.2 cm³/mol. The highest BCUT2D eigenvalue weighted by Crippen LogP contribution is 2.36. The summed E-state index contributed by atoms with van der Waals surface area (Å²) in [7, 11) is 0. The lowest BCUT2D eigenvalue weighted by Gasteiger charge is -2.14. The van der Waals surface area contributed by atoms with Gasteiger partial charge in [-0.1, -0.05) is 6.07 Å². The molecule has 126 valence electrons. The Morgan fingerprint density at radius 1 is 1.16 bits per heavy atom. The summed E-state index contributed by atoms with van der Waals surface area (Å²) in [6.07, 6.45) is 6.34. The van der Waals surface area contributed by atoms with Crippen LogP contribution in [0.3, 0.4) is 0 Å². The molecule has 0 unspecified atom stereocenters. The van der Waals surface area contributed by atoms with E-state index in [1.807, 2.05) is 6.07 Å². The molecule has 25 heavy (non-hydrogen) atoms. The first-order valence-corrected chi connectivity index (χ1v) is 8.31. The molecule has 0 radical (unpaired) electrons. The van der Waals surface area contributed by atoms with Crippen molar-refractivity contribution in [3.8, 4) is 11.6 Å². The van der Waals surface area contributed by atoms with Crippen LogP contribution >= 0.6 is 0 Å². The average Bonchev–Trinajstić information content (AvgIpc) is 3.30. The molecule has 1 aliphatic carbocycles. The van der Waals surface area contributed by atoms with Crippen molar-refractivity contribution >= 4 is 11.6 Å². The number of nitrogens with zero attached hydrogens (tertiary/aromatic N) is 1. The fraction of sp³-hybridized carbons (Fsp3) is 0.200. The minimum atomic E-state index is -0.336. The molecule has 2 heterocycles. The minimum absolute atomic E-state index is 0.242. The monoisotopic (exact) mass is 334 g/mol. The Balaban J connectivity index is 1.62. The lowest BCUT2D eigenvalue weighted by Crippen LogP contribution is -2.12. The van der Waals surface area contributed by atoms with Gasteiger partial charge in [0.15, 0.2) is 5.76 Å². The second kappa shape index (κ2) is 6.43. The van der Waals surface area contributed by atoms with Gasteiger partial charge >= 0.3 is 0 Å². The third kappa shape index (κ3) is 3.01. The van der Waals surface area contributed by atoms with Crippen LogP contribution in [0.2, 0.25) is 0 Å². The number of ether oxygens (including phenoxy) is 1. The Morgan fingerprint density at radius 2 is 2.04 bits per heavy atom. The van der Waals surface area contributed by atoms with Crippen molar-refractivity contribution in [1.29, 1.82) is 0 Å². The highest BCUT2D eigenvalue weighted by Gasteiger charge is 2.20. The van der Waals surface area contributed by atoms with Crippen LogP contribution in [0, 0.1) is 6.92 Å². The number of hydrogen-bond donors (Lipinski definition) is 1. The van der Waals surface area contributed by atoms with Crippen LogP contribution in [0.5, 0.6) is 11.6 Å². The van der Waals surface area contributed by atoms with E-state index in [-0.39, 0.29) is 11.7 Å². The van der Waals surface area contributed by atoms with Crippen molar-refractivity contribution in [2.75, 3.05) is 5.32 Å². The minimum Gasteiger partial charge on any atom is -0.459 e. The van der Waals surface area contributed by atoms with Crippen molar-refractivity contribution in [2.45, 2.75) is 26.2 Å². The molecule has 1 N–H and O–H groups in total. The summed E-state index contributed by atoms with van der Waals surface area (Å²) < 4.78 is 11.2. The molecule has 1 amide bonds. The third-order valence-electron chi connectivity index (χ3n) is 4.45. The van der Waals surface area contributed by atoms with Gasteiger partial charge in [0.05, 0.1) is 6.26 Å². The van der Waals surface area contributed by atoms with E-state index < -0.39 is 0 Å². The summed E-state index contributed by atoms with van der Waals surface area (Å²) in [5, 5.41) is 2.79. The maximum atomic E-state index is 12.2. The first kappa shape index (κ1) is 15.4. The maximum absolute atomic E-state index is 12.2. The van der Waals surface area contributed by atoms with Crippen LogP contribution in [0.15, 0.2) is 53.3 Å². The number of carbonyl (C=O) groups is 1. The molecule has 0 spiro atoms. The lowest BCUT2D eigenvalue weighted by atomic mass is 10.0. The van der Waals surface area contributed by atoms with Gasteiger partial charge in [0, 0.05) is 6.20 Å². The van der Waals surface area contributed by atoms with Gasteiger partial charge in [0.2, 0.25) is 5.88 Å². The largest absolute Gasteiger partial charge is 0.459 e. The number of hydrogen-bond acceptors (Lipinski definition) is 4. The molecule has 0 fully saturated rings. The molecule has 1 aliphatic rings. The van der Waals surface area contributed by atoms with E-state index in [1.54, 1.807) is 30.5 Å². The number of carbonyl (C=O) groups excluding carboxylic acids is 1. The van der Waals surface area contributed by atoms with Crippen LogP contribution in [0.1, 0.15) is 33.7 Å². The van der Waals surface area contributed by atoms with E-state index in [9.17, 15) is 4.79 Å². The van der Waals surface area contributed by atoms with Crippen molar-refractivity contribution in [3.63, 3.8) is 0 Å². The molecule has 0 saturated carbocycles. The number of furan rings is 1. The van der Waals surface area contributed by atoms with Crippen molar-refractivity contribution in [2.24, 2.45) is 0 Å². The zero-order valence-electron chi connectivity index (χ0n) is 13.9. The quantitative estimate of drug-likeness (QED) is 0.762. The summed E-state index contributed by atoms with van der Waals surface area (Å²) >= 11 is 0. The highest BCUT2D eigenvalue weighted by molar-refractivity contribution is 6.02. The van der Waals surface area contributed by atoms with E-state index in [1.165, 1.54) is 23.0 Å². The summed E-state index contributed by atoms with van der Waals surface area (Å²) in [6.45, 7) is 2.13. The van der Waals surface area contributed by atoms with Crippen LogP contribution in [0.25, 0.3) is 0 Å². The molecule has 0 saturated heterocycles. The fourth-order valence-electron chi connectivity index (χ4n) is 3.21. The molecule has 3 aromatic rings. The standard InChI is InChI=1S/C20H18N2O3/c1-13-9-10-17(15-6-2-5-14(13)15)25-20-16(7-3-11-21-20)22-19(23)18-8-4-12-24-18/h3-4,7-12H,2,5-6H2,1H3,(H,22,23). The van der Waals surface area contributed by atoms with E-state index in [0.717, 1.165) is 25.0 Å². The average molecular weight is 334 g/mol. The number of aromatic nitrogens is 1. The highest BCUT2D eigenvalue weighted by atomic mass is 16.5. The smallest absolute Gasteiger partial charge is 0.291 e. The van der Waals surface area contributed by atoms with E-state index >= 15 is 0 Å². The van der Waals surface area contributed by atoms with Crippen LogP contribution < -0.4 is 10.1 Å². The van der Waals surface area contributed by atoms with Gasteiger partial charge in [-0.15, -0.1) is 0 Å². The number of aryl methyl sites for hydroxylation is 1. The topological polar surface area (TPSA) is 64.4 Å². The second-order valence-electron chi connectivity index (χ2n) is 6.08. The van der Waals surface area contributed by atoms with E-state index in [0.29, 0.717) is 11.6 Å². The molecule has 0 aliphatic heterocycles. The summed E-state index contributed by atoms with van der Waals surface area (Å²) in [4.78, 5) is 16.5. The van der Waals surface area contributed by atoms with Gasteiger partial charge in [0.25, 0.3) is 5.91 Å². The van der Waals surface area contributed by atoms with Gasteiger partial charge in [-0.2, -0.15) is 0 Å². The van der Waals surface area contributed by atoms with Crippen molar-refractivity contribution in [3.05, 3.63) is 71.3 Å². The molecule has 5 heteroatoms. The normalized spacial score (nSPS) is 12.7. The van der Waals surface area contributed by atoms with Gasteiger partial charge in [-0.25, -0.2) is 4.98 Å². The molecular formula is C20H18N2O3. The lowest BCUT2D eigenvalue weighted by molar-refractivity contribution is 0.0996. The Hall–Kier alpha value is -3.08. The zero-order valence-corrected chi connectivity index (χ0v) is 13.9. The number of benzene rings is 1. The number of amides is 1. The Labute approximate surface area is 145 Å². The molecular weight excluding hydrogens is 316 g/mol. The van der Waals surface area contributed by atoms with Crippen LogP contribution in [-0.2, 0) is 12.8 Å². The molecule has 5 nitrogen and oxygen atoms in total. The van der Waals surface area contributed by atoms with Gasteiger partial charge in [-0.05, 0) is 73.2 Å². The van der Waals surface area contributed by atoms with Gasteiger partial charge in [-0.3, -0.25) is 4.79 Å². The molecule has 4 rings (SSSR count). The fourth-order valence-corrected chi connectivity index (χ4v) is 3.21. The Morgan fingerprint density at radius 3 is 2.88 bits per heavy atom. The SMILES string of the molecule is Cc1ccc(Oc2ncccc2NC(=O)c2ccco2)c2c1CCC2. The maximum Gasteiger partial charge on any atom is 0.291 e.